The second kappa shape index (κ2) is 3.11. The van der Waals surface area contributed by atoms with E-state index in [1.54, 1.807) is 6.20 Å². The quantitative estimate of drug-likeness (QED) is 0.581. The maximum Gasteiger partial charge on any atom is 0.137 e. The average Bonchev–Trinajstić information content (AvgIpc) is 2.36. The summed E-state index contributed by atoms with van der Waals surface area (Å²) < 4.78 is 1.82. The zero-order valence-corrected chi connectivity index (χ0v) is 7.14. The number of halogens is 2. The Hall–Kier alpha value is -0.730. The Balaban J connectivity index is 0.000000605. The topological polar surface area (TPSA) is 17.3 Å². The molecule has 11 heavy (non-hydrogen) atoms. The molecule has 0 saturated carbocycles. The Labute approximate surface area is 75.2 Å². The summed E-state index contributed by atoms with van der Waals surface area (Å²) in [5, 5.41) is 0.690. The Morgan fingerprint density at radius 3 is 2.91 bits per heavy atom. The third-order valence-corrected chi connectivity index (χ3v) is 1.69. The first-order chi connectivity index (χ1) is 4.88. The maximum absolute atomic E-state index is 5.82. The number of imidazole rings is 1. The summed E-state index contributed by atoms with van der Waals surface area (Å²) >= 11 is 5.82. The highest BCUT2D eigenvalue weighted by Gasteiger charge is 1.93. The van der Waals surface area contributed by atoms with Crippen molar-refractivity contribution in [3.63, 3.8) is 0 Å². The van der Waals surface area contributed by atoms with E-state index in [9.17, 15) is 0 Å². The van der Waals surface area contributed by atoms with Crippen molar-refractivity contribution in [3.05, 3.63) is 35.7 Å². The van der Waals surface area contributed by atoms with Crippen LogP contribution in [0.2, 0.25) is 5.15 Å². The van der Waals surface area contributed by atoms with E-state index < -0.39 is 0 Å². The van der Waals surface area contributed by atoms with Crippen molar-refractivity contribution in [2.45, 2.75) is 0 Å². The summed E-state index contributed by atoms with van der Waals surface area (Å²) in [4.78, 5) is 4.06. The highest BCUT2D eigenvalue weighted by atomic mass is 35.5. The summed E-state index contributed by atoms with van der Waals surface area (Å²) in [5.41, 5.74) is 0.882. The van der Waals surface area contributed by atoms with E-state index in [1.165, 1.54) is 0 Å². The molecule has 2 rings (SSSR count). The smallest absolute Gasteiger partial charge is 0.137 e. The first kappa shape index (κ1) is 8.37. The van der Waals surface area contributed by atoms with Crippen LogP contribution in [-0.2, 0) is 0 Å². The van der Waals surface area contributed by atoms with Crippen LogP contribution in [0.25, 0.3) is 5.65 Å². The molecule has 58 valence electrons. The zero-order valence-electron chi connectivity index (χ0n) is 5.57. The van der Waals surface area contributed by atoms with E-state index >= 15 is 0 Å². The van der Waals surface area contributed by atoms with E-state index in [2.05, 4.69) is 4.98 Å². The van der Waals surface area contributed by atoms with Crippen molar-refractivity contribution in [1.82, 2.24) is 9.38 Å². The lowest BCUT2D eigenvalue weighted by molar-refractivity contribution is 1.19. The minimum Gasteiger partial charge on any atom is -0.290 e. The van der Waals surface area contributed by atoms with Gasteiger partial charge in [-0.05, 0) is 12.1 Å². The van der Waals surface area contributed by atoms with E-state index in [1.807, 2.05) is 28.8 Å². The molecule has 0 fully saturated rings. The number of fused-ring (bicyclic) bond motifs is 1. The SMILES string of the molecule is Cl.Clc1cccc2nccn12. The lowest BCUT2D eigenvalue weighted by atomic mass is 10.5. The average molecular weight is 189 g/mol. The van der Waals surface area contributed by atoms with Gasteiger partial charge in [-0.3, -0.25) is 4.40 Å². The molecule has 0 aromatic carbocycles. The van der Waals surface area contributed by atoms with Crippen LogP contribution < -0.4 is 0 Å². The molecule has 4 heteroatoms. The van der Waals surface area contributed by atoms with E-state index in [4.69, 9.17) is 11.6 Å². The largest absolute Gasteiger partial charge is 0.290 e. The fourth-order valence-electron chi connectivity index (χ4n) is 0.913. The molecule has 0 aliphatic heterocycles. The van der Waals surface area contributed by atoms with Gasteiger partial charge in [-0.2, -0.15) is 0 Å². The molecule has 2 aromatic rings. The molecule has 2 aromatic heterocycles. The fourth-order valence-corrected chi connectivity index (χ4v) is 1.13. The van der Waals surface area contributed by atoms with Crippen LogP contribution in [0, 0.1) is 0 Å². The normalized spacial score (nSPS) is 9.55. The van der Waals surface area contributed by atoms with E-state index in [0.717, 1.165) is 5.65 Å². The minimum absolute atomic E-state index is 0. The van der Waals surface area contributed by atoms with Crippen LogP contribution in [0.4, 0.5) is 0 Å². The Morgan fingerprint density at radius 1 is 1.36 bits per heavy atom. The predicted molar refractivity (Wildman–Crippen MR) is 47.5 cm³/mol. The third-order valence-electron chi connectivity index (χ3n) is 1.38. The van der Waals surface area contributed by atoms with Gasteiger partial charge in [0, 0.05) is 12.4 Å². The van der Waals surface area contributed by atoms with Crippen LogP contribution in [0.15, 0.2) is 30.6 Å². The Kier molecular flexibility index (Phi) is 2.37. The number of hydrogen-bond acceptors (Lipinski definition) is 1. The van der Waals surface area contributed by atoms with Crippen molar-refractivity contribution in [1.29, 1.82) is 0 Å². The summed E-state index contributed by atoms with van der Waals surface area (Å²) in [6.07, 6.45) is 3.55. The van der Waals surface area contributed by atoms with Crippen LogP contribution >= 0.6 is 24.0 Å². The molecule has 0 amide bonds. The molecule has 0 N–H and O–H groups in total. The standard InChI is InChI=1S/C7H5ClN2.ClH/c8-6-2-1-3-7-9-4-5-10(6)7;/h1-5H;1H. The molecule has 0 aliphatic rings. The Morgan fingerprint density at radius 2 is 2.18 bits per heavy atom. The summed E-state index contributed by atoms with van der Waals surface area (Å²) in [5.74, 6) is 0. The molecule has 0 bridgehead atoms. The molecular weight excluding hydrogens is 183 g/mol. The van der Waals surface area contributed by atoms with Crippen LogP contribution in [-0.4, -0.2) is 9.38 Å². The molecular formula is C7H6Cl2N2. The van der Waals surface area contributed by atoms with Crippen LogP contribution in [0.5, 0.6) is 0 Å². The second-order valence-corrected chi connectivity index (χ2v) is 2.39. The molecule has 0 unspecified atom stereocenters. The molecule has 0 aliphatic carbocycles. The van der Waals surface area contributed by atoms with Gasteiger partial charge in [-0.15, -0.1) is 12.4 Å². The van der Waals surface area contributed by atoms with Crippen molar-refractivity contribution < 1.29 is 0 Å². The molecule has 0 saturated heterocycles. The van der Waals surface area contributed by atoms with E-state index in [-0.39, 0.29) is 12.4 Å². The summed E-state index contributed by atoms with van der Waals surface area (Å²) in [7, 11) is 0. The molecule has 0 atom stereocenters. The zero-order chi connectivity index (χ0) is 6.97. The monoisotopic (exact) mass is 188 g/mol. The highest BCUT2D eigenvalue weighted by Crippen LogP contribution is 2.09. The molecule has 2 heterocycles. The second-order valence-electron chi connectivity index (χ2n) is 2.00. The molecule has 2 nitrogen and oxygen atoms in total. The fraction of sp³-hybridized carbons (Fsp3) is 0. The van der Waals surface area contributed by atoms with Gasteiger partial charge in [0.15, 0.2) is 0 Å². The van der Waals surface area contributed by atoms with Gasteiger partial charge in [0.1, 0.15) is 10.8 Å². The first-order valence-electron chi connectivity index (χ1n) is 2.95. The number of nitrogens with zero attached hydrogens (tertiary/aromatic N) is 2. The number of pyridine rings is 1. The van der Waals surface area contributed by atoms with Gasteiger partial charge < -0.3 is 0 Å². The van der Waals surface area contributed by atoms with Crippen LogP contribution in [0.3, 0.4) is 0 Å². The lowest BCUT2D eigenvalue weighted by Crippen LogP contribution is -1.82. The van der Waals surface area contributed by atoms with Crippen molar-refractivity contribution in [2.24, 2.45) is 0 Å². The summed E-state index contributed by atoms with van der Waals surface area (Å²) in [6.45, 7) is 0. The van der Waals surface area contributed by atoms with Gasteiger partial charge in [0.2, 0.25) is 0 Å². The number of hydrogen-bond donors (Lipinski definition) is 0. The number of rotatable bonds is 0. The van der Waals surface area contributed by atoms with Gasteiger partial charge in [0.25, 0.3) is 0 Å². The first-order valence-corrected chi connectivity index (χ1v) is 3.33. The molecule has 0 radical (unpaired) electrons. The van der Waals surface area contributed by atoms with Crippen molar-refractivity contribution in [2.75, 3.05) is 0 Å². The van der Waals surface area contributed by atoms with Gasteiger partial charge in [-0.25, -0.2) is 4.98 Å². The minimum atomic E-state index is 0. The third kappa shape index (κ3) is 1.32. The van der Waals surface area contributed by atoms with Crippen molar-refractivity contribution >= 4 is 29.7 Å². The maximum atomic E-state index is 5.82. The summed E-state index contributed by atoms with van der Waals surface area (Å²) in [6, 6.07) is 5.62. The van der Waals surface area contributed by atoms with Gasteiger partial charge in [0.05, 0.1) is 0 Å². The van der Waals surface area contributed by atoms with Crippen LogP contribution in [0.1, 0.15) is 0 Å². The lowest BCUT2D eigenvalue weighted by Gasteiger charge is -1.93. The predicted octanol–water partition coefficient (Wildman–Crippen LogP) is 2.41. The van der Waals surface area contributed by atoms with Crippen molar-refractivity contribution in [3.8, 4) is 0 Å². The van der Waals surface area contributed by atoms with E-state index in [0.29, 0.717) is 5.15 Å². The van der Waals surface area contributed by atoms with Gasteiger partial charge in [-0.1, -0.05) is 17.7 Å². The Bertz CT molecular complexity index is 356. The number of aromatic nitrogens is 2. The van der Waals surface area contributed by atoms with Gasteiger partial charge >= 0.3 is 0 Å². The highest BCUT2D eigenvalue weighted by molar-refractivity contribution is 6.29. The molecule has 0 spiro atoms.